The SMILES string of the molecule is CN1C(=O)[C@@H](CC(=O)N(Cc2ccc3[nH]ccc3c2)C2CC2)N(C)C1=O. The second kappa shape index (κ2) is 6.16. The number of rotatable bonds is 5. The van der Waals surface area contributed by atoms with E-state index >= 15 is 0 Å². The number of hydrogen-bond acceptors (Lipinski definition) is 3. The zero-order valence-electron chi connectivity index (χ0n) is 14.9. The number of hydrogen-bond donors (Lipinski definition) is 1. The number of nitrogens with one attached hydrogen (secondary N) is 1. The van der Waals surface area contributed by atoms with Gasteiger partial charge in [-0.1, -0.05) is 6.07 Å². The van der Waals surface area contributed by atoms with E-state index in [0.717, 1.165) is 34.2 Å². The fraction of sp³-hybridized carbons (Fsp3) is 0.421. The summed E-state index contributed by atoms with van der Waals surface area (Å²) in [7, 11) is 3.03. The van der Waals surface area contributed by atoms with Gasteiger partial charge in [-0.25, -0.2) is 4.79 Å². The maximum absolute atomic E-state index is 12.9. The van der Waals surface area contributed by atoms with E-state index < -0.39 is 6.04 Å². The first-order valence-electron chi connectivity index (χ1n) is 8.85. The van der Waals surface area contributed by atoms with Gasteiger partial charge in [0, 0.05) is 38.4 Å². The molecule has 0 radical (unpaired) electrons. The third-order valence-corrected chi connectivity index (χ3v) is 5.32. The molecular weight excluding hydrogens is 332 g/mol. The van der Waals surface area contributed by atoms with Crippen molar-refractivity contribution in [1.29, 1.82) is 0 Å². The highest BCUT2D eigenvalue weighted by atomic mass is 16.2. The van der Waals surface area contributed by atoms with Crippen LogP contribution in [0, 0.1) is 0 Å². The average Bonchev–Trinajstić information content (AvgIpc) is 3.34. The Morgan fingerprint density at radius 3 is 2.65 bits per heavy atom. The highest BCUT2D eigenvalue weighted by Gasteiger charge is 2.43. The summed E-state index contributed by atoms with van der Waals surface area (Å²) in [6.07, 6.45) is 3.92. The molecule has 1 aromatic heterocycles. The van der Waals surface area contributed by atoms with Gasteiger partial charge in [-0.15, -0.1) is 0 Å². The Balaban J connectivity index is 1.50. The molecule has 1 saturated carbocycles. The molecule has 4 amide bonds. The molecule has 1 N–H and O–H groups in total. The van der Waals surface area contributed by atoms with Crippen LogP contribution in [0.4, 0.5) is 4.79 Å². The lowest BCUT2D eigenvalue weighted by Crippen LogP contribution is -2.40. The molecule has 1 aliphatic carbocycles. The fourth-order valence-electron chi connectivity index (χ4n) is 3.57. The van der Waals surface area contributed by atoms with Crippen LogP contribution >= 0.6 is 0 Å². The number of fused-ring (bicyclic) bond motifs is 1. The van der Waals surface area contributed by atoms with Crippen molar-refractivity contribution in [3.8, 4) is 0 Å². The molecule has 7 nitrogen and oxygen atoms in total. The monoisotopic (exact) mass is 354 g/mol. The molecule has 0 spiro atoms. The molecule has 2 aromatic rings. The van der Waals surface area contributed by atoms with Crippen molar-refractivity contribution in [1.82, 2.24) is 19.7 Å². The van der Waals surface area contributed by atoms with Gasteiger partial charge in [0.05, 0.1) is 6.42 Å². The second-order valence-electron chi connectivity index (χ2n) is 7.16. The Morgan fingerprint density at radius 1 is 1.23 bits per heavy atom. The summed E-state index contributed by atoms with van der Waals surface area (Å²) in [5, 5.41) is 1.11. The van der Waals surface area contributed by atoms with E-state index in [-0.39, 0.29) is 30.3 Å². The highest BCUT2D eigenvalue weighted by molar-refractivity contribution is 6.05. The van der Waals surface area contributed by atoms with Crippen molar-refractivity contribution >= 4 is 28.7 Å². The van der Waals surface area contributed by atoms with Crippen molar-refractivity contribution in [3.63, 3.8) is 0 Å². The Bertz CT molecular complexity index is 886. The molecule has 7 heteroatoms. The lowest BCUT2D eigenvalue weighted by molar-refractivity contribution is -0.137. The Morgan fingerprint density at radius 2 is 2.00 bits per heavy atom. The number of benzene rings is 1. The Hall–Kier alpha value is -2.83. The van der Waals surface area contributed by atoms with Gasteiger partial charge < -0.3 is 14.8 Å². The number of carbonyl (C=O) groups excluding carboxylic acids is 3. The molecule has 1 aromatic carbocycles. The first-order chi connectivity index (χ1) is 12.5. The summed E-state index contributed by atoms with van der Waals surface area (Å²) in [6.45, 7) is 0.527. The molecule has 26 heavy (non-hydrogen) atoms. The van der Waals surface area contributed by atoms with Gasteiger partial charge in [0.15, 0.2) is 0 Å². The van der Waals surface area contributed by atoms with Crippen LogP contribution in [0.2, 0.25) is 0 Å². The van der Waals surface area contributed by atoms with Crippen LogP contribution in [0.1, 0.15) is 24.8 Å². The van der Waals surface area contributed by atoms with Crippen molar-refractivity contribution in [2.24, 2.45) is 0 Å². The smallest absolute Gasteiger partial charge is 0.326 e. The topological polar surface area (TPSA) is 76.7 Å². The molecule has 4 rings (SSSR count). The normalized spacial score (nSPS) is 20.3. The van der Waals surface area contributed by atoms with E-state index in [1.54, 1.807) is 7.05 Å². The van der Waals surface area contributed by atoms with Crippen LogP contribution in [0.5, 0.6) is 0 Å². The summed E-state index contributed by atoms with van der Waals surface area (Å²) in [4.78, 5) is 44.5. The number of aromatic nitrogens is 1. The number of imide groups is 1. The zero-order valence-corrected chi connectivity index (χ0v) is 14.9. The van der Waals surface area contributed by atoms with E-state index in [1.807, 2.05) is 29.3 Å². The van der Waals surface area contributed by atoms with Crippen LogP contribution in [0.25, 0.3) is 10.9 Å². The van der Waals surface area contributed by atoms with Gasteiger partial charge in [0.2, 0.25) is 5.91 Å². The molecule has 2 heterocycles. The molecule has 2 aliphatic rings. The van der Waals surface area contributed by atoms with Gasteiger partial charge in [-0.2, -0.15) is 0 Å². The number of carbonyl (C=O) groups is 3. The maximum Gasteiger partial charge on any atom is 0.326 e. The zero-order chi connectivity index (χ0) is 18.4. The minimum atomic E-state index is -0.701. The van der Waals surface area contributed by atoms with E-state index in [4.69, 9.17) is 0 Å². The van der Waals surface area contributed by atoms with Crippen LogP contribution in [-0.2, 0) is 16.1 Å². The third-order valence-electron chi connectivity index (χ3n) is 5.32. The number of likely N-dealkylation sites (N-methyl/N-ethyl adjacent to an activating group) is 2. The molecule has 136 valence electrons. The van der Waals surface area contributed by atoms with Crippen LogP contribution in [-0.4, -0.2) is 63.7 Å². The molecule has 1 aliphatic heterocycles. The minimum Gasteiger partial charge on any atom is -0.361 e. The lowest BCUT2D eigenvalue weighted by Gasteiger charge is -2.25. The van der Waals surface area contributed by atoms with Gasteiger partial charge in [-0.3, -0.25) is 14.5 Å². The van der Waals surface area contributed by atoms with Gasteiger partial charge in [-0.05, 0) is 42.0 Å². The summed E-state index contributed by atoms with van der Waals surface area (Å²) in [5.41, 5.74) is 2.13. The van der Waals surface area contributed by atoms with Crippen molar-refractivity contribution in [2.75, 3.05) is 14.1 Å². The highest BCUT2D eigenvalue weighted by Crippen LogP contribution is 2.30. The van der Waals surface area contributed by atoms with Crippen molar-refractivity contribution in [3.05, 3.63) is 36.0 Å². The van der Waals surface area contributed by atoms with E-state index in [0.29, 0.717) is 6.54 Å². The quantitative estimate of drug-likeness (QED) is 0.834. The van der Waals surface area contributed by atoms with Gasteiger partial charge in [0.25, 0.3) is 5.91 Å². The summed E-state index contributed by atoms with van der Waals surface area (Å²) in [5.74, 6) is -0.384. The fourth-order valence-corrected chi connectivity index (χ4v) is 3.57. The maximum atomic E-state index is 12.9. The van der Waals surface area contributed by atoms with E-state index in [1.165, 1.54) is 11.9 Å². The van der Waals surface area contributed by atoms with Crippen molar-refractivity contribution in [2.45, 2.75) is 37.9 Å². The largest absolute Gasteiger partial charge is 0.361 e. The molecular formula is C19H22N4O3. The van der Waals surface area contributed by atoms with E-state index in [2.05, 4.69) is 11.1 Å². The van der Waals surface area contributed by atoms with Crippen molar-refractivity contribution < 1.29 is 14.4 Å². The van der Waals surface area contributed by atoms with Crippen LogP contribution < -0.4 is 0 Å². The number of urea groups is 1. The Labute approximate surface area is 151 Å². The predicted molar refractivity (Wildman–Crippen MR) is 96.2 cm³/mol. The number of H-pyrrole nitrogens is 1. The number of nitrogens with zero attached hydrogens (tertiary/aromatic N) is 3. The summed E-state index contributed by atoms with van der Waals surface area (Å²) in [6, 6.07) is 7.30. The minimum absolute atomic E-state index is 0.0360. The second-order valence-corrected chi connectivity index (χ2v) is 7.16. The Kier molecular flexibility index (Phi) is 3.94. The molecule has 1 saturated heterocycles. The summed E-state index contributed by atoms with van der Waals surface area (Å²) < 4.78 is 0. The standard InChI is InChI=1S/C19H22N4O3/c1-21-16(18(25)22(2)19(21)26)10-17(24)23(14-4-5-14)11-12-3-6-15-13(9-12)7-8-20-15/h3,6-9,14,16,20H,4-5,10-11H2,1-2H3/t16-/m1/s1. The number of amides is 4. The lowest BCUT2D eigenvalue weighted by atomic mass is 10.1. The first-order valence-corrected chi connectivity index (χ1v) is 8.85. The number of aromatic amines is 1. The molecule has 2 fully saturated rings. The van der Waals surface area contributed by atoms with Gasteiger partial charge >= 0.3 is 6.03 Å². The molecule has 1 atom stereocenters. The van der Waals surface area contributed by atoms with E-state index in [9.17, 15) is 14.4 Å². The third kappa shape index (κ3) is 2.83. The van der Waals surface area contributed by atoms with Crippen LogP contribution in [0.3, 0.4) is 0 Å². The first kappa shape index (κ1) is 16.6. The van der Waals surface area contributed by atoms with Crippen LogP contribution in [0.15, 0.2) is 30.5 Å². The molecule has 0 unspecified atom stereocenters. The van der Waals surface area contributed by atoms with Gasteiger partial charge in [0.1, 0.15) is 6.04 Å². The average molecular weight is 354 g/mol. The predicted octanol–water partition coefficient (Wildman–Crippen LogP) is 1.94. The molecule has 0 bridgehead atoms. The summed E-state index contributed by atoms with van der Waals surface area (Å²) >= 11 is 0.